The van der Waals surface area contributed by atoms with Crippen molar-refractivity contribution in [1.82, 2.24) is 19.7 Å². The molecule has 5 nitrogen and oxygen atoms in total. The number of rotatable bonds is 3. The maximum absolute atomic E-state index is 6.10. The molecule has 1 fully saturated rings. The highest BCUT2D eigenvalue weighted by Crippen LogP contribution is 2.25. The Labute approximate surface area is 115 Å². The molecule has 2 N–H and O–H groups in total. The molecule has 1 saturated heterocycles. The molecule has 19 heavy (non-hydrogen) atoms. The van der Waals surface area contributed by atoms with Crippen LogP contribution in [0, 0.1) is 5.92 Å². The molecule has 0 amide bonds. The molecule has 0 aromatic carbocycles. The van der Waals surface area contributed by atoms with E-state index in [9.17, 15) is 0 Å². The van der Waals surface area contributed by atoms with Gasteiger partial charge in [-0.15, -0.1) is 10.2 Å². The summed E-state index contributed by atoms with van der Waals surface area (Å²) in [5.74, 6) is 2.90. The van der Waals surface area contributed by atoms with Gasteiger partial charge in [-0.05, 0) is 44.7 Å². The van der Waals surface area contributed by atoms with Crippen LogP contribution < -0.4 is 5.73 Å². The second-order valence-corrected chi connectivity index (χ2v) is 5.98. The summed E-state index contributed by atoms with van der Waals surface area (Å²) in [6, 6.07) is 0.0912. The van der Waals surface area contributed by atoms with E-state index in [1.807, 2.05) is 0 Å². The fraction of sp³-hybridized carbons (Fsp3) is 0.857. The van der Waals surface area contributed by atoms with Gasteiger partial charge in [-0.2, -0.15) is 0 Å². The Morgan fingerprint density at radius 1 is 1.21 bits per heavy atom. The smallest absolute Gasteiger partial charge is 0.149 e. The molecule has 3 rings (SSSR count). The first kappa shape index (κ1) is 13.1. The van der Waals surface area contributed by atoms with Crippen LogP contribution >= 0.6 is 0 Å². The fourth-order valence-electron chi connectivity index (χ4n) is 3.48. The maximum Gasteiger partial charge on any atom is 0.149 e. The highest BCUT2D eigenvalue weighted by molar-refractivity contribution is 5.04. The summed E-state index contributed by atoms with van der Waals surface area (Å²) < 4.78 is 2.28. The second kappa shape index (κ2) is 5.59. The van der Waals surface area contributed by atoms with Crippen LogP contribution in [0.1, 0.15) is 50.3 Å². The van der Waals surface area contributed by atoms with Crippen LogP contribution in [0.2, 0.25) is 0 Å². The zero-order chi connectivity index (χ0) is 13.2. The van der Waals surface area contributed by atoms with E-state index in [0.717, 1.165) is 43.4 Å². The monoisotopic (exact) mass is 263 g/mol. The molecule has 0 saturated carbocycles. The van der Waals surface area contributed by atoms with Crippen molar-refractivity contribution in [1.29, 1.82) is 0 Å². The van der Waals surface area contributed by atoms with Gasteiger partial charge in [0.05, 0.1) is 6.04 Å². The lowest BCUT2D eigenvalue weighted by atomic mass is 9.94. The summed E-state index contributed by atoms with van der Waals surface area (Å²) in [6.45, 7) is 6.94. The van der Waals surface area contributed by atoms with Gasteiger partial charge in [0.25, 0.3) is 0 Å². The quantitative estimate of drug-likeness (QED) is 0.894. The average Bonchev–Trinajstić information content (AvgIpc) is 2.84. The van der Waals surface area contributed by atoms with Gasteiger partial charge in [-0.3, -0.25) is 0 Å². The minimum Gasteiger partial charge on any atom is -0.321 e. The topological polar surface area (TPSA) is 60.0 Å². The first-order valence-corrected chi connectivity index (χ1v) is 7.68. The van der Waals surface area contributed by atoms with Crippen LogP contribution in [0.3, 0.4) is 0 Å². The van der Waals surface area contributed by atoms with E-state index in [0.29, 0.717) is 0 Å². The molecule has 3 heterocycles. The summed E-state index contributed by atoms with van der Waals surface area (Å²) in [6.07, 6.45) is 5.91. The van der Waals surface area contributed by atoms with Crippen molar-refractivity contribution >= 4 is 0 Å². The first-order valence-electron chi connectivity index (χ1n) is 7.68. The molecule has 2 unspecified atom stereocenters. The van der Waals surface area contributed by atoms with Gasteiger partial charge in [0, 0.05) is 19.5 Å². The van der Waals surface area contributed by atoms with Crippen molar-refractivity contribution < 1.29 is 0 Å². The minimum absolute atomic E-state index is 0.0912. The highest BCUT2D eigenvalue weighted by Gasteiger charge is 2.25. The summed E-state index contributed by atoms with van der Waals surface area (Å²) in [5, 5.41) is 8.72. The summed E-state index contributed by atoms with van der Waals surface area (Å²) >= 11 is 0. The molecule has 5 heteroatoms. The summed E-state index contributed by atoms with van der Waals surface area (Å²) in [4.78, 5) is 2.55. The fourth-order valence-corrected chi connectivity index (χ4v) is 3.48. The van der Waals surface area contributed by atoms with Gasteiger partial charge in [-0.25, -0.2) is 0 Å². The molecule has 2 atom stereocenters. The molecule has 0 spiro atoms. The Bertz CT molecular complexity index is 427. The van der Waals surface area contributed by atoms with Crippen LogP contribution in [0.4, 0.5) is 0 Å². The van der Waals surface area contributed by atoms with Gasteiger partial charge in [0.1, 0.15) is 11.6 Å². The van der Waals surface area contributed by atoms with Crippen LogP contribution in [0.5, 0.6) is 0 Å². The maximum atomic E-state index is 6.10. The highest BCUT2D eigenvalue weighted by atomic mass is 15.3. The largest absolute Gasteiger partial charge is 0.321 e. The molecule has 0 bridgehead atoms. The molecule has 2 aliphatic rings. The molecular formula is C14H25N5. The van der Waals surface area contributed by atoms with Gasteiger partial charge < -0.3 is 15.2 Å². The standard InChI is InChI=1S/C14H25N5/c1-2-18-7-3-5-11(10-18)9-13-16-17-14-12(15)6-4-8-19(13)14/h11-12H,2-10,15H2,1H3. The Morgan fingerprint density at radius 2 is 2.05 bits per heavy atom. The first-order chi connectivity index (χ1) is 9.28. The number of likely N-dealkylation sites (tertiary alicyclic amines) is 1. The number of aromatic nitrogens is 3. The van der Waals surface area contributed by atoms with E-state index < -0.39 is 0 Å². The van der Waals surface area contributed by atoms with Gasteiger partial charge in [0.15, 0.2) is 0 Å². The lowest BCUT2D eigenvalue weighted by molar-refractivity contribution is 0.179. The van der Waals surface area contributed by atoms with Crippen LogP contribution in [-0.4, -0.2) is 39.3 Å². The molecular weight excluding hydrogens is 238 g/mol. The van der Waals surface area contributed by atoms with Crippen molar-refractivity contribution in [2.75, 3.05) is 19.6 Å². The molecule has 0 aliphatic carbocycles. The van der Waals surface area contributed by atoms with Gasteiger partial charge in [-0.1, -0.05) is 6.92 Å². The SMILES string of the molecule is CCN1CCCC(Cc2nnc3n2CCCC3N)C1. The molecule has 106 valence electrons. The van der Waals surface area contributed by atoms with Crippen molar-refractivity contribution in [2.45, 2.75) is 51.6 Å². The lowest BCUT2D eigenvalue weighted by Gasteiger charge is -2.31. The predicted molar refractivity (Wildman–Crippen MR) is 74.7 cm³/mol. The molecule has 0 radical (unpaired) electrons. The Kier molecular flexibility index (Phi) is 3.84. The summed E-state index contributed by atoms with van der Waals surface area (Å²) in [7, 11) is 0. The predicted octanol–water partition coefficient (Wildman–Crippen LogP) is 1.35. The molecule has 1 aromatic heterocycles. The van der Waals surface area contributed by atoms with E-state index in [-0.39, 0.29) is 6.04 Å². The van der Waals surface area contributed by atoms with Crippen LogP contribution in [0.15, 0.2) is 0 Å². The number of fused-ring (bicyclic) bond motifs is 1. The van der Waals surface area contributed by atoms with Crippen molar-refractivity contribution in [3.8, 4) is 0 Å². The average molecular weight is 263 g/mol. The van der Waals surface area contributed by atoms with Gasteiger partial charge in [0.2, 0.25) is 0 Å². The third-order valence-corrected chi connectivity index (χ3v) is 4.61. The molecule has 1 aromatic rings. The molecule has 2 aliphatic heterocycles. The number of hydrogen-bond acceptors (Lipinski definition) is 4. The Morgan fingerprint density at radius 3 is 2.89 bits per heavy atom. The number of hydrogen-bond donors (Lipinski definition) is 1. The Hall–Kier alpha value is -0.940. The number of nitrogens with zero attached hydrogens (tertiary/aromatic N) is 4. The van der Waals surface area contributed by atoms with Crippen LogP contribution in [-0.2, 0) is 13.0 Å². The van der Waals surface area contributed by atoms with E-state index in [1.54, 1.807) is 0 Å². The van der Waals surface area contributed by atoms with Crippen LogP contribution in [0.25, 0.3) is 0 Å². The van der Waals surface area contributed by atoms with Gasteiger partial charge >= 0.3 is 0 Å². The van der Waals surface area contributed by atoms with E-state index in [1.165, 1.54) is 32.5 Å². The third kappa shape index (κ3) is 2.67. The number of nitrogens with two attached hydrogens (primary N) is 1. The zero-order valence-electron chi connectivity index (χ0n) is 11.9. The zero-order valence-corrected chi connectivity index (χ0v) is 11.9. The normalized spacial score (nSPS) is 28.3. The van der Waals surface area contributed by atoms with E-state index in [4.69, 9.17) is 5.73 Å². The van der Waals surface area contributed by atoms with E-state index >= 15 is 0 Å². The second-order valence-electron chi connectivity index (χ2n) is 5.98. The Balaban J connectivity index is 1.70. The lowest BCUT2D eigenvalue weighted by Crippen LogP contribution is -2.36. The van der Waals surface area contributed by atoms with Crippen molar-refractivity contribution in [3.05, 3.63) is 11.6 Å². The van der Waals surface area contributed by atoms with Crippen molar-refractivity contribution in [3.63, 3.8) is 0 Å². The third-order valence-electron chi connectivity index (χ3n) is 4.61. The van der Waals surface area contributed by atoms with Crippen molar-refractivity contribution in [2.24, 2.45) is 11.7 Å². The summed E-state index contributed by atoms with van der Waals surface area (Å²) in [5.41, 5.74) is 6.10. The van der Waals surface area contributed by atoms with E-state index in [2.05, 4.69) is 26.6 Å². The number of piperidine rings is 1. The minimum atomic E-state index is 0.0912.